The second-order valence-electron chi connectivity index (χ2n) is 5.70. The first-order valence-electron chi connectivity index (χ1n) is 7.56. The summed E-state index contributed by atoms with van der Waals surface area (Å²) in [5.74, 6) is -0.0704. The molecule has 0 N–H and O–H groups in total. The van der Waals surface area contributed by atoms with Gasteiger partial charge in [0, 0.05) is 24.7 Å². The van der Waals surface area contributed by atoms with E-state index in [1.54, 1.807) is 11.1 Å². The maximum Gasteiger partial charge on any atom is 0.255 e. The van der Waals surface area contributed by atoms with Crippen molar-refractivity contribution in [2.24, 2.45) is 0 Å². The Morgan fingerprint density at radius 1 is 1.35 bits per heavy atom. The normalized spacial score (nSPS) is 10.9. The second kappa shape index (κ2) is 7.99. The van der Waals surface area contributed by atoms with Crippen LogP contribution in [0.15, 0.2) is 12.3 Å². The van der Waals surface area contributed by atoms with E-state index in [9.17, 15) is 4.79 Å². The van der Waals surface area contributed by atoms with E-state index in [1.165, 1.54) is 11.5 Å². The van der Waals surface area contributed by atoms with Gasteiger partial charge in [0.15, 0.2) is 0 Å². The quantitative estimate of drug-likeness (QED) is 0.778. The number of hydrogen-bond acceptors (Lipinski definition) is 6. The molecule has 0 spiro atoms. The van der Waals surface area contributed by atoms with Crippen molar-refractivity contribution in [3.63, 3.8) is 0 Å². The predicted molar refractivity (Wildman–Crippen MR) is 91.5 cm³/mol. The van der Waals surface area contributed by atoms with Gasteiger partial charge in [0.2, 0.25) is 0 Å². The van der Waals surface area contributed by atoms with Crippen molar-refractivity contribution in [1.29, 1.82) is 5.26 Å². The van der Waals surface area contributed by atoms with E-state index in [0.717, 1.165) is 28.9 Å². The lowest BCUT2D eigenvalue weighted by molar-refractivity contribution is 0.0753. The van der Waals surface area contributed by atoms with Gasteiger partial charge in [-0.15, -0.1) is 0 Å². The number of carbonyl (C=O) groups is 1. The van der Waals surface area contributed by atoms with Crippen molar-refractivity contribution >= 4 is 27.7 Å². The highest BCUT2D eigenvalue weighted by Crippen LogP contribution is 2.21. The largest absolute Gasteiger partial charge is 0.338 e. The summed E-state index contributed by atoms with van der Waals surface area (Å²) in [5, 5.41) is 9.74. The Balaban J connectivity index is 2.16. The summed E-state index contributed by atoms with van der Waals surface area (Å²) in [6.45, 7) is 3.90. The third-order valence-electron chi connectivity index (χ3n) is 3.57. The van der Waals surface area contributed by atoms with Crippen LogP contribution < -0.4 is 0 Å². The fourth-order valence-corrected chi connectivity index (χ4v) is 3.05. The Morgan fingerprint density at radius 3 is 2.83 bits per heavy atom. The van der Waals surface area contributed by atoms with Crippen molar-refractivity contribution in [2.45, 2.75) is 19.8 Å². The summed E-state index contributed by atoms with van der Waals surface area (Å²) in [6.07, 6.45) is 2.81. The third kappa shape index (κ3) is 4.47. The number of aryl methyl sites for hydroxylation is 1. The zero-order valence-corrected chi connectivity index (χ0v) is 14.6. The number of amides is 1. The lowest BCUT2D eigenvalue weighted by atomic mass is 10.2. The summed E-state index contributed by atoms with van der Waals surface area (Å²) < 4.78 is 4.27. The molecule has 122 valence electrons. The molecule has 0 fully saturated rings. The smallest absolute Gasteiger partial charge is 0.255 e. The highest BCUT2D eigenvalue weighted by Gasteiger charge is 2.17. The van der Waals surface area contributed by atoms with Crippen LogP contribution in [0.1, 0.15) is 28.9 Å². The topological polar surface area (TPSA) is 73.1 Å². The number of nitrogens with zero attached hydrogens (tertiary/aromatic N) is 5. The van der Waals surface area contributed by atoms with Gasteiger partial charge in [0.25, 0.3) is 5.91 Å². The minimum atomic E-state index is -0.0704. The zero-order chi connectivity index (χ0) is 16.8. The second-order valence-corrected chi connectivity index (χ2v) is 6.45. The van der Waals surface area contributed by atoms with Crippen molar-refractivity contribution < 1.29 is 4.79 Å². The van der Waals surface area contributed by atoms with Crippen molar-refractivity contribution in [3.8, 4) is 6.07 Å². The number of aromatic nitrogens is 2. The molecule has 0 aliphatic heterocycles. The van der Waals surface area contributed by atoms with Gasteiger partial charge in [-0.05, 0) is 51.6 Å². The van der Waals surface area contributed by atoms with Gasteiger partial charge in [-0.25, -0.2) is 4.98 Å². The molecule has 0 radical (unpaired) electrons. The van der Waals surface area contributed by atoms with E-state index in [-0.39, 0.29) is 5.91 Å². The molecule has 6 nitrogen and oxygen atoms in total. The van der Waals surface area contributed by atoms with Crippen LogP contribution >= 0.6 is 11.5 Å². The molecule has 2 aromatic heterocycles. The molecule has 0 bridgehead atoms. The van der Waals surface area contributed by atoms with Crippen molar-refractivity contribution in [3.05, 3.63) is 23.5 Å². The van der Waals surface area contributed by atoms with E-state index >= 15 is 0 Å². The van der Waals surface area contributed by atoms with Gasteiger partial charge in [-0.2, -0.15) is 9.64 Å². The van der Waals surface area contributed by atoms with E-state index in [4.69, 9.17) is 5.26 Å². The maximum absolute atomic E-state index is 12.7. The molecular weight excluding hydrogens is 310 g/mol. The fourth-order valence-electron chi connectivity index (χ4n) is 2.32. The summed E-state index contributed by atoms with van der Waals surface area (Å²) >= 11 is 1.34. The first kappa shape index (κ1) is 17.3. The number of rotatable bonds is 7. The van der Waals surface area contributed by atoms with Crippen LogP contribution in [0, 0.1) is 18.3 Å². The number of nitriles is 1. The zero-order valence-electron chi connectivity index (χ0n) is 13.7. The predicted octanol–water partition coefficient (Wildman–Crippen LogP) is 2.31. The van der Waals surface area contributed by atoms with Crippen LogP contribution in [-0.4, -0.2) is 58.8 Å². The van der Waals surface area contributed by atoms with E-state index in [2.05, 4.69) is 20.3 Å². The highest BCUT2D eigenvalue weighted by molar-refractivity contribution is 7.12. The summed E-state index contributed by atoms with van der Waals surface area (Å²) in [7, 11) is 4.01. The first-order chi connectivity index (χ1) is 11.0. The van der Waals surface area contributed by atoms with Gasteiger partial charge in [0.05, 0.1) is 23.7 Å². The van der Waals surface area contributed by atoms with E-state index in [1.807, 2.05) is 27.1 Å². The Hall–Kier alpha value is -2.04. The Labute approximate surface area is 140 Å². The van der Waals surface area contributed by atoms with E-state index < -0.39 is 0 Å². The molecule has 2 aromatic rings. The molecule has 23 heavy (non-hydrogen) atoms. The first-order valence-corrected chi connectivity index (χ1v) is 8.33. The molecule has 2 rings (SSSR count). The van der Waals surface area contributed by atoms with Crippen LogP contribution in [0.5, 0.6) is 0 Å². The average Bonchev–Trinajstić information content (AvgIpc) is 2.90. The van der Waals surface area contributed by atoms with Crippen LogP contribution in [-0.2, 0) is 0 Å². The molecule has 0 atom stereocenters. The number of fused-ring (bicyclic) bond motifs is 1. The SMILES string of the molecule is Cc1nsc2ncc(C(=O)N(CCC#N)CCCN(C)C)cc12. The molecule has 0 saturated carbocycles. The molecule has 0 unspecified atom stereocenters. The maximum atomic E-state index is 12.7. The van der Waals surface area contributed by atoms with Gasteiger partial charge in [0.1, 0.15) is 4.83 Å². The van der Waals surface area contributed by atoms with Crippen molar-refractivity contribution in [1.82, 2.24) is 19.2 Å². The van der Waals surface area contributed by atoms with Crippen LogP contribution in [0.3, 0.4) is 0 Å². The van der Waals surface area contributed by atoms with Crippen molar-refractivity contribution in [2.75, 3.05) is 33.7 Å². The molecular formula is C16H21N5OS. The highest BCUT2D eigenvalue weighted by atomic mass is 32.1. The van der Waals surface area contributed by atoms with Crippen LogP contribution in [0.2, 0.25) is 0 Å². The molecule has 7 heteroatoms. The van der Waals surface area contributed by atoms with E-state index in [0.29, 0.717) is 25.1 Å². The number of hydrogen-bond donors (Lipinski definition) is 0. The van der Waals surface area contributed by atoms with Crippen LogP contribution in [0.4, 0.5) is 0 Å². The number of pyridine rings is 1. The monoisotopic (exact) mass is 331 g/mol. The third-order valence-corrected chi connectivity index (χ3v) is 4.43. The molecule has 1 amide bonds. The molecule has 0 aromatic carbocycles. The Morgan fingerprint density at radius 2 is 2.13 bits per heavy atom. The minimum Gasteiger partial charge on any atom is -0.338 e. The van der Waals surface area contributed by atoms with Gasteiger partial charge in [-0.1, -0.05) is 0 Å². The van der Waals surface area contributed by atoms with Gasteiger partial charge in [-0.3, -0.25) is 4.79 Å². The molecule has 0 saturated heterocycles. The molecule has 2 heterocycles. The standard InChI is InChI=1S/C16H21N5OS/c1-12-14-10-13(11-18-15(14)23-19-12)16(22)21(8-4-6-17)9-5-7-20(2)3/h10-11H,4-5,7-9H2,1-3H3. The lowest BCUT2D eigenvalue weighted by Crippen LogP contribution is -2.34. The van der Waals surface area contributed by atoms with Crippen LogP contribution in [0.25, 0.3) is 10.2 Å². The Bertz CT molecular complexity index is 719. The average molecular weight is 331 g/mol. The summed E-state index contributed by atoms with van der Waals surface area (Å²) in [6, 6.07) is 3.97. The molecule has 0 aliphatic carbocycles. The summed E-state index contributed by atoms with van der Waals surface area (Å²) in [4.78, 5) is 21.7. The lowest BCUT2D eigenvalue weighted by Gasteiger charge is -2.22. The van der Waals surface area contributed by atoms with Gasteiger partial charge < -0.3 is 9.80 Å². The Kier molecular flexibility index (Phi) is 6.02. The molecule has 0 aliphatic rings. The van der Waals surface area contributed by atoms with Gasteiger partial charge >= 0.3 is 0 Å². The summed E-state index contributed by atoms with van der Waals surface area (Å²) in [5.41, 5.74) is 1.45. The number of carbonyl (C=O) groups excluding carboxylic acids is 1. The minimum absolute atomic E-state index is 0.0704. The fraction of sp³-hybridized carbons (Fsp3) is 0.500.